The van der Waals surface area contributed by atoms with Crippen LogP contribution in [0, 0.1) is 0 Å². The SMILES string of the molecule is O=C(c1ccccc1Br)N1N=C(c2ccc(Cl)cc2)C[C@]1(O)C(F)(F)F. The molecule has 3 rings (SSSR count). The minimum atomic E-state index is -5.10. The van der Waals surface area contributed by atoms with Gasteiger partial charge in [0.15, 0.2) is 0 Å². The van der Waals surface area contributed by atoms with Crippen molar-refractivity contribution in [1.29, 1.82) is 0 Å². The van der Waals surface area contributed by atoms with Gasteiger partial charge in [0.25, 0.3) is 11.6 Å². The molecule has 9 heteroatoms. The van der Waals surface area contributed by atoms with Crippen molar-refractivity contribution in [2.75, 3.05) is 0 Å². The van der Waals surface area contributed by atoms with Crippen LogP contribution >= 0.6 is 27.5 Å². The molecule has 2 aromatic carbocycles. The van der Waals surface area contributed by atoms with E-state index in [0.717, 1.165) is 0 Å². The minimum absolute atomic E-state index is 0.0451. The largest absolute Gasteiger partial charge is 0.438 e. The summed E-state index contributed by atoms with van der Waals surface area (Å²) in [6.07, 6.45) is -5.98. The van der Waals surface area contributed by atoms with Gasteiger partial charge in [0.1, 0.15) is 0 Å². The number of hydrogen-bond acceptors (Lipinski definition) is 3. The molecule has 1 aliphatic heterocycles. The molecule has 0 saturated carbocycles. The molecule has 1 atom stereocenters. The molecule has 0 unspecified atom stereocenters. The van der Waals surface area contributed by atoms with Gasteiger partial charge in [-0.15, -0.1) is 0 Å². The Morgan fingerprint density at radius 2 is 1.81 bits per heavy atom. The van der Waals surface area contributed by atoms with Gasteiger partial charge in [-0.3, -0.25) is 4.79 Å². The Labute approximate surface area is 160 Å². The number of hydrazone groups is 1. The topological polar surface area (TPSA) is 52.9 Å². The maximum atomic E-state index is 13.6. The molecule has 2 aromatic rings. The van der Waals surface area contributed by atoms with Gasteiger partial charge in [-0.1, -0.05) is 35.9 Å². The molecular formula is C17H11BrClF3N2O2. The van der Waals surface area contributed by atoms with Crippen LogP contribution in [0.2, 0.25) is 5.02 Å². The van der Waals surface area contributed by atoms with Crippen LogP contribution in [0.1, 0.15) is 22.3 Å². The predicted octanol–water partition coefficient (Wildman–Crippen LogP) is 4.60. The van der Waals surface area contributed by atoms with E-state index in [-0.39, 0.29) is 16.3 Å². The zero-order valence-corrected chi connectivity index (χ0v) is 15.3. The van der Waals surface area contributed by atoms with Crippen LogP contribution in [-0.2, 0) is 0 Å². The lowest BCUT2D eigenvalue weighted by atomic mass is 10.0. The second-order valence-corrected chi connectivity index (χ2v) is 6.93. The Balaban J connectivity index is 2.07. The number of benzene rings is 2. The lowest BCUT2D eigenvalue weighted by Gasteiger charge is -2.32. The number of nitrogens with zero attached hydrogens (tertiary/aromatic N) is 2. The Hall–Kier alpha value is -1.90. The molecule has 0 saturated heterocycles. The highest BCUT2D eigenvalue weighted by molar-refractivity contribution is 9.10. The van der Waals surface area contributed by atoms with Crippen molar-refractivity contribution in [2.24, 2.45) is 5.10 Å². The third-order valence-electron chi connectivity index (χ3n) is 3.91. The van der Waals surface area contributed by atoms with Crippen LogP contribution in [0.4, 0.5) is 13.2 Å². The first kappa shape index (κ1) is 18.9. The summed E-state index contributed by atoms with van der Waals surface area (Å²) in [5.74, 6) is -1.07. The van der Waals surface area contributed by atoms with Crippen molar-refractivity contribution in [3.8, 4) is 0 Å². The predicted molar refractivity (Wildman–Crippen MR) is 93.9 cm³/mol. The summed E-state index contributed by atoms with van der Waals surface area (Å²) in [6.45, 7) is 0. The van der Waals surface area contributed by atoms with Crippen molar-refractivity contribution in [1.82, 2.24) is 5.01 Å². The highest BCUT2D eigenvalue weighted by Gasteiger charge is 2.63. The van der Waals surface area contributed by atoms with Gasteiger partial charge in [0.2, 0.25) is 0 Å². The molecule has 1 aliphatic rings. The fourth-order valence-electron chi connectivity index (χ4n) is 2.53. The number of aliphatic hydroxyl groups is 1. The first-order chi connectivity index (χ1) is 12.1. The maximum absolute atomic E-state index is 13.6. The van der Waals surface area contributed by atoms with E-state index in [9.17, 15) is 23.1 Å². The van der Waals surface area contributed by atoms with E-state index < -0.39 is 24.2 Å². The van der Waals surface area contributed by atoms with Gasteiger partial charge in [0.05, 0.1) is 17.7 Å². The summed E-state index contributed by atoms with van der Waals surface area (Å²) >= 11 is 8.91. The summed E-state index contributed by atoms with van der Waals surface area (Å²) in [5, 5.41) is 14.6. The molecule has 26 heavy (non-hydrogen) atoms. The normalized spacial score (nSPS) is 20.2. The van der Waals surface area contributed by atoms with Crippen LogP contribution in [0.5, 0.6) is 0 Å². The van der Waals surface area contributed by atoms with Crippen LogP contribution in [-0.4, -0.2) is 33.6 Å². The summed E-state index contributed by atoms with van der Waals surface area (Å²) in [5.41, 5.74) is -3.22. The van der Waals surface area contributed by atoms with Crippen molar-refractivity contribution < 1.29 is 23.1 Å². The quantitative estimate of drug-likeness (QED) is 0.731. The molecule has 136 valence electrons. The van der Waals surface area contributed by atoms with E-state index in [1.807, 2.05) is 0 Å². The van der Waals surface area contributed by atoms with Crippen LogP contribution in [0.3, 0.4) is 0 Å². The molecule has 0 bridgehead atoms. The Morgan fingerprint density at radius 1 is 1.19 bits per heavy atom. The van der Waals surface area contributed by atoms with E-state index in [4.69, 9.17) is 11.6 Å². The average Bonchev–Trinajstić information content (AvgIpc) is 2.94. The number of alkyl halides is 3. The molecular weight excluding hydrogens is 437 g/mol. The third-order valence-corrected chi connectivity index (χ3v) is 4.86. The first-order valence-corrected chi connectivity index (χ1v) is 8.52. The summed E-state index contributed by atoms with van der Waals surface area (Å²) in [7, 11) is 0. The molecule has 0 fully saturated rings. The number of carbonyl (C=O) groups excluding carboxylic acids is 1. The molecule has 1 heterocycles. The molecule has 0 aromatic heterocycles. The lowest BCUT2D eigenvalue weighted by molar-refractivity contribution is -0.297. The minimum Gasteiger partial charge on any atom is -0.362 e. The van der Waals surface area contributed by atoms with Gasteiger partial charge >= 0.3 is 6.18 Å². The Kier molecular flexibility index (Phi) is 4.85. The fourth-order valence-corrected chi connectivity index (χ4v) is 3.11. The second-order valence-electron chi connectivity index (χ2n) is 5.64. The fraction of sp³-hybridized carbons (Fsp3) is 0.176. The van der Waals surface area contributed by atoms with E-state index in [0.29, 0.717) is 15.1 Å². The zero-order chi connectivity index (χ0) is 19.1. The highest BCUT2D eigenvalue weighted by atomic mass is 79.9. The monoisotopic (exact) mass is 446 g/mol. The van der Waals surface area contributed by atoms with E-state index in [1.165, 1.54) is 42.5 Å². The van der Waals surface area contributed by atoms with Crippen molar-refractivity contribution >= 4 is 39.1 Å². The van der Waals surface area contributed by atoms with Crippen LogP contribution < -0.4 is 0 Å². The van der Waals surface area contributed by atoms with E-state index in [1.54, 1.807) is 6.07 Å². The average molecular weight is 448 g/mol. The van der Waals surface area contributed by atoms with Gasteiger partial charge in [0, 0.05) is 9.50 Å². The van der Waals surface area contributed by atoms with E-state index in [2.05, 4.69) is 21.0 Å². The molecule has 4 nitrogen and oxygen atoms in total. The van der Waals surface area contributed by atoms with Gasteiger partial charge < -0.3 is 5.11 Å². The number of halogens is 5. The smallest absolute Gasteiger partial charge is 0.362 e. The molecule has 0 radical (unpaired) electrons. The standard InChI is InChI=1S/C17H11BrClF3N2O2/c18-13-4-2-1-3-12(13)15(25)24-16(26,17(20,21)22)9-14(23-24)10-5-7-11(19)8-6-10/h1-8,26H,9H2/t16-/m0/s1. The van der Waals surface area contributed by atoms with Gasteiger partial charge in [-0.05, 0) is 45.8 Å². The van der Waals surface area contributed by atoms with Crippen molar-refractivity contribution in [3.05, 3.63) is 69.2 Å². The number of rotatable bonds is 2. The number of hydrogen-bond donors (Lipinski definition) is 1. The second kappa shape index (κ2) is 6.68. The van der Waals surface area contributed by atoms with Gasteiger partial charge in [-0.25, -0.2) is 0 Å². The van der Waals surface area contributed by atoms with E-state index >= 15 is 0 Å². The first-order valence-electron chi connectivity index (χ1n) is 7.35. The number of carbonyl (C=O) groups is 1. The summed E-state index contributed by atoms with van der Waals surface area (Å²) < 4.78 is 41.0. The maximum Gasteiger partial charge on any atom is 0.438 e. The Bertz CT molecular complexity index is 886. The highest BCUT2D eigenvalue weighted by Crippen LogP contribution is 2.42. The van der Waals surface area contributed by atoms with Crippen molar-refractivity contribution in [2.45, 2.75) is 18.3 Å². The van der Waals surface area contributed by atoms with Crippen LogP contribution in [0.15, 0.2) is 58.1 Å². The summed E-state index contributed by atoms with van der Waals surface area (Å²) in [6, 6.07) is 11.9. The van der Waals surface area contributed by atoms with Crippen LogP contribution in [0.25, 0.3) is 0 Å². The molecule has 1 N–H and O–H groups in total. The Morgan fingerprint density at radius 3 is 2.38 bits per heavy atom. The van der Waals surface area contributed by atoms with Gasteiger partial charge in [-0.2, -0.15) is 23.3 Å². The number of amides is 1. The third kappa shape index (κ3) is 3.24. The lowest BCUT2D eigenvalue weighted by Crippen LogP contribution is -2.56. The zero-order valence-electron chi connectivity index (χ0n) is 13.0. The summed E-state index contributed by atoms with van der Waals surface area (Å²) in [4.78, 5) is 12.7. The molecule has 1 amide bonds. The van der Waals surface area contributed by atoms with Crippen molar-refractivity contribution in [3.63, 3.8) is 0 Å². The molecule has 0 spiro atoms. The molecule has 0 aliphatic carbocycles.